The van der Waals surface area contributed by atoms with Crippen LogP contribution in [0.3, 0.4) is 0 Å². The average molecular weight is 688 g/mol. The Labute approximate surface area is 288 Å². The Morgan fingerprint density at radius 3 is 2.58 bits per heavy atom. The van der Waals surface area contributed by atoms with Crippen molar-refractivity contribution >= 4 is 63.6 Å². The summed E-state index contributed by atoms with van der Waals surface area (Å²) in [5.74, 6) is 0.625. The number of anilines is 3. The maximum atomic E-state index is 13.3. The number of nitrogens with zero attached hydrogens (tertiary/aromatic N) is 3. The Kier molecular flexibility index (Phi) is 10.5. The number of amides is 2. The number of nitrogens with one attached hydrogen (secondary N) is 4. The van der Waals surface area contributed by atoms with Crippen LogP contribution < -0.4 is 25.2 Å². The molecule has 0 aliphatic heterocycles. The SMILES string of the molecule is Cc1nc(NSc2cccc(OCC(C)(C)C(C)C(=O)NO)c2)ccc1C(=O)Nc1ccc(Cl)c(-c2nc3ccc(N(C)C)cc3[nH]2)c1. The summed E-state index contributed by atoms with van der Waals surface area (Å²) in [4.78, 5) is 40.7. The van der Waals surface area contributed by atoms with Crippen LogP contribution in [0.25, 0.3) is 22.4 Å². The fraction of sp³-hybridized carbons (Fsp3) is 0.257. The summed E-state index contributed by atoms with van der Waals surface area (Å²) in [7, 11) is 3.96. The van der Waals surface area contributed by atoms with Crippen molar-refractivity contribution in [2.75, 3.05) is 35.6 Å². The predicted molar refractivity (Wildman–Crippen MR) is 192 cm³/mol. The molecule has 48 heavy (non-hydrogen) atoms. The van der Waals surface area contributed by atoms with Crippen LogP contribution in [-0.2, 0) is 4.79 Å². The summed E-state index contributed by atoms with van der Waals surface area (Å²) in [6.45, 7) is 7.61. The highest BCUT2D eigenvalue weighted by Gasteiger charge is 2.32. The number of halogens is 1. The van der Waals surface area contributed by atoms with Crippen LogP contribution in [0.5, 0.6) is 5.75 Å². The molecule has 5 N–H and O–H groups in total. The van der Waals surface area contributed by atoms with E-state index in [2.05, 4.69) is 20.0 Å². The van der Waals surface area contributed by atoms with Gasteiger partial charge in [0.15, 0.2) is 0 Å². The molecule has 0 aliphatic rings. The van der Waals surface area contributed by atoms with Gasteiger partial charge in [-0.05, 0) is 85.6 Å². The molecule has 0 saturated heterocycles. The molecule has 5 aromatic rings. The number of hydroxylamine groups is 1. The smallest absolute Gasteiger partial charge is 0.257 e. The van der Waals surface area contributed by atoms with E-state index in [-0.39, 0.29) is 12.5 Å². The van der Waals surface area contributed by atoms with Crippen LogP contribution in [-0.4, -0.2) is 52.7 Å². The minimum atomic E-state index is -0.509. The molecule has 0 radical (unpaired) electrons. The number of aromatic nitrogens is 3. The summed E-state index contributed by atoms with van der Waals surface area (Å²) in [6, 6.07) is 22.3. The highest BCUT2D eigenvalue weighted by atomic mass is 35.5. The molecule has 0 saturated carbocycles. The lowest BCUT2D eigenvalue weighted by Crippen LogP contribution is -2.39. The monoisotopic (exact) mass is 687 g/mol. The molecule has 0 fully saturated rings. The summed E-state index contributed by atoms with van der Waals surface area (Å²) in [5.41, 5.74) is 6.18. The van der Waals surface area contributed by atoms with Crippen molar-refractivity contribution in [3.8, 4) is 17.1 Å². The molecule has 0 spiro atoms. The number of aryl methyl sites for hydroxylation is 1. The first-order valence-electron chi connectivity index (χ1n) is 15.2. The lowest BCUT2D eigenvalue weighted by Gasteiger charge is -2.30. The number of aromatic amines is 1. The second-order valence-electron chi connectivity index (χ2n) is 12.3. The Bertz CT molecular complexity index is 1960. The lowest BCUT2D eigenvalue weighted by molar-refractivity contribution is -0.137. The van der Waals surface area contributed by atoms with E-state index < -0.39 is 17.2 Å². The Morgan fingerprint density at radius 2 is 1.85 bits per heavy atom. The average Bonchev–Trinajstić information content (AvgIpc) is 3.50. The topological polar surface area (TPSA) is 144 Å². The van der Waals surface area contributed by atoms with Crippen LogP contribution >= 0.6 is 23.5 Å². The molecule has 2 amide bonds. The van der Waals surface area contributed by atoms with E-state index in [1.807, 2.05) is 75.3 Å². The van der Waals surface area contributed by atoms with Gasteiger partial charge in [0.2, 0.25) is 5.91 Å². The number of hydrogen-bond acceptors (Lipinski definition) is 9. The van der Waals surface area contributed by atoms with Crippen LogP contribution in [0.1, 0.15) is 36.8 Å². The molecule has 1 atom stereocenters. The third kappa shape index (κ3) is 8.01. The summed E-state index contributed by atoms with van der Waals surface area (Å²) < 4.78 is 9.20. The number of fused-ring (bicyclic) bond motifs is 1. The molecular weight excluding hydrogens is 650 g/mol. The number of imidazole rings is 1. The Morgan fingerprint density at radius 1 is 1.06 bits per heavy atom. The van der Waals surface area contributed by atoms with E-state index >= 15 is 0 Å². The molecule has 13 heteroatoms. The lowest BCUT2D eigenvalue weighted by atomic mass is 9.80. The van der Waals surface area contributed by atoms with Gasteiger partial charge in [-0.25, -0.2) is 15.4 Å². The first kappa shape index (κ1) is 34.6. The van der Waals surface area contributed by atoms with Crippen LogP contribution in [0.15, 0.2) is 77.7 Å². The van der Waals surface area contributed by atoms with Gasteiger partial charge in [0.25, 0.3) is 5.91 Å². The standard InChI is InChI=1S/C35H38ClN7O4S/c1-20(33(44)41-46)35(3,4)19-47-24-8-7-9-25(18-24)48-42-31-15-12-26(21(2)37-31)34(45)38-22-10-13-28(36)27(16-22)32-39-29-14-11-23(43(5)6)17-30(29)40-32/h7-18,20,46H,19H2,1-6H3,(H,37,42)(H,38,45)(H,39,40)(H,41,44). The largest absolute Gasteiger partial charge is 0.493 e. The Balaban J connectivity index is 1.22. The van der Waals surface area contributed by atoms with E-state index in [4.69, 9.17) is 26.5 Å². The van der Waals surface area contributed by atoms with Gasteiger partial charge in [-0.15, -0.1) is 0 Å². The number of pyridine rings is 1. The van der Waals surface area contributed by atoms with Crippen molar-refractivity contribution in [2.24, 2.45) is 11.3 Å². The zero-order valence-electron chi connectivity index (χ0n) is 27.5. The van der Waals surface area contributed by atoms with Gasteiger partial charge in [0, 0.05) is 47.3 Å². The van der Waals surface area contributed by atoms with E-state index in [1.54, 1.807) is 49.7 Å². The maximum Gasteiger partial charge on any atom is 0.257 e. The molecule has 2 heterocycles. The highest BCUT2D eigenvalue weighted by Crippen LogP contribution is 2.32. The van der Waals surface area contributed by atoms with Gasteiger partial charge in [-0.2, -0.15) is 0 Å². The number of rotatable bonds is 12. The van der Waals surface area contributed by atoms with E-state index in [0.717, 1.165) is 21.6 Å². The van der Waals surface area contributed by atoms with Crippen molar-refractivity contribution in [3.05, 3.63) is 89.1 Å². The number of benzene rings is 3. The minimum absolute atomic E-state index is 0.280. The molecule has 5 rings (SSSR count). The van der Waals surface area contributed by atoms with Gasteiger partial charge >= 0.3 is 0 Å². The number of hydrogen-bond donors (Lipinski definition) is 5. The molecule has 3 aromatic carbocycles. The zero-order chi connectivity index (χ0) is 34.6. The summed E-state index contributed by atoms with van der Waals surface area (Å²) >= 11 is 7.90. The number of carbonyl (C=O) groups excluding carboxylic acids is 2. The first-order chi connectivity index (χ1) is 22.8. The second kappa shape index (κ2) is 14.5. The zero-order valence-corrected chi connectivity index (χ0v) is 29.1. The summed E-state index contributed by atoms with van der Waals surface area (Å²) in [6.07, 6.45) is 0. The van der Waals surface area contributed by atoms with Gasteiger partial charge in [0.05, 0.1) is 33.9 Å². The van der Waals surface area contributed by atoms with E-state index in [0.29, 0.717) is 44.9 Å². The van der Waals surface area contributed by atoms with Crippen molar-refractivity contribution < 1.29 is 19.5 Å². The molecule has 0 bridgehead atoms. The molecule has 0 aliphatic carbocycles. The third-order valence-corrected chi connectivity index (χ3v) is 9.29. The van der Waals surface area contributed by atoms with Crippen molar-refractivity contribution in [1.29, 1.82) is 0 Å². The number of H-pyrrole nitrogens is 1. The first-order valence-corrected chi connectivity index (χ1v) is 16.4. The second-order valence-corrected chi connectivity index (χ2v) is 13.6. The Hall–Kier alpha value is -4.78. The summed E-state index contributed by atoms with van der Waals surface area (Å²) in [5, 5.41) is 12.4. The van der Waals surface area contributed by atoms with Crippen LogP contribution in [0.4, 0.5) is 17.2 Å². The molecular formula is C35H38ClN7O4S. The minimum Gasteiger partial charge on any atom is -0.493 e. The highest BCUT2D eigenvalue weighted by molar-refractivity contribution is 8.00. The molecule has 1 unspecified atom stereocenters. The number of ether oxygens (including phenoxy) is 1. The van der Waals surface area contributed by atoms with Crippen molar-refractivity contribution in [2.45, 2.75) is 32.6 Å². The van der Waals surface area contributed by atoms with Crippen molar-refractivity contribution in [1.82, 2.24) is 20.4 Å². The molecule has 2 aromatic heterocycles. The third-order valence-electron chi connectivity index (χ3n) is 8.16. The molecule has 11 nitrogen and oxygen atoms in total. The van der Waals surface area contributed by atoms with E-state index in [9.17, 15) is 9.59 Å². The van der Waals surface area contributed by atoms with Crippen LogP contribution in [0.2, 0.25) is 5.02 Å². The fourth-order valence-electron chi connectivity index (χ4n) is 4.83. The fourth-order valence-corrected chi connectivity index (χ4v) is 5.69. The van der Waals surface area contributed by atoms with Gasteiger partial charge in [-0.1, -0.05) is 38.4 Å². The molecule has 250 valence electrons. The van der Waals surface area contributed by atoms with Gasteiger partial charge in [0.1, 0.15) is 17.4 Å². The quantitative estimate of drug-likeness (QED) is 0.0509. The van der Waals surface area contributed by atoms with Crippen LogP contribution in [0, 0.1) is 18.3 Å². The number of carbonyl (C=O) groups is 2. The normalized spacial score (nSPS) is 12.0. The maximum absolute atomic E-state index is 13.3. The van der Waals surface area contributed by atoms with Gasteiger partial charge < -0.3 is 24.7 Å². The van der Waals surface area contributed by atoms with Gasteiger partial charge in [-0.3, -0.25) is 14.8 Å². The van der Waals surface area contributed by atoms with E-state index in [1.165, 1.54) is 11.9 Å². The predicted octanol–water partition coefficient (Wildman–Crippen LogP) is 7.57. The van der Waals surface area contributed by atoms with Crippen molar-refractivity contribution in [3.63, 3.8) is 0 Å².